The molecule has 19 heavy (non-hydrogen) atoms. The topological polar surface area (TPSA) is 49.6 Å². The van der Waals surface area contributed by atoms with Crippen LogP contribution >= 0.6 is 0 Å². The van der Waals surface area contributed by atoms with E-state index >= 15 is 0 Å². The van der Waals surface area contributed by atoms with Gasteiger partial charge in [0.25, 0.3) is 0 Å². The number of likely N-dealkylation sites (N-methyl/N-ethyl adjacent to an activating group) is 1. The molecule has 2 N–H and O–H groups in total. The number of nitrogens with two attached hydrogens (primary N) is 1. The van der Waals surface area contributed by atoms with Crippen molar-refractivity contribution in [3.05, 3.63) is 30.1 Å². The van der Waals surface area contributed by atoms with Crippen LogP contribution in [0.4, 0.5) is 10.1 Å². The molecule has 0 atom stereocenters. The molecule has 0 aromatic heterocycles. The summed E-state index contributed by atoms with van der Waals surface area (Å²) in [5.74, 6) is -0.339. The molecule has 1 aromatic carbocycles. The summed E-state index contributed by atoms with van der Waals surface area (Å²) in [5, 5.41) is 0. The van der Waals surface area contributed by atoms with Crippen LogP contribution in [0.15, 0.2) is 24.3 Å². The number of hydrogen-bond acceptors (Lipinski definition) is 3. The minimum absolute atomic E-state index is 0.0252. The first-order valence-corrected chi connectivity index (χ1v) is 6.53. The zero-order valence-corrected chi connectivity index (χ0v) is 11.6. The summed E-state index contributed by atoms with van der Waals surface area (Å²) in [6.45, 7) is 3.81. The van der Waals surface area contributed by atoms with E-state index < -0.39 is 0 Å². The summed E-state index contributed by atoms with van der Waals surface area (Å²) < 4.78 is 13.8. The fraction of sp³-hybridized carbons (Fsp3) is 0.500. The van der Waals surface area contributed by atoms with Crippen molar-refractivity contribution in [2.24, 2.45) is 5.73 Å². The molecule has 1 aromatic rings. The first-order chi connectivity index (χ1) is 9.10. The predicted octanol–water partition coefficient (Wildman–Crippen LogP) is 1.46. The molecule has 0 spiro atoms. The van der Waals surface area contributed by atoms with Crippen LogP contribution < -0.4 is 10.6 Å². The maximum absolute atomic E-state index is 13.8. The van der Waals surface area contributed by atoms with E-state index in [4.69, 9.17) is 5.73 Å². The second-order valence-electron chi connectivity index (χ2n) is 4.42. The molecule has 0 bridgehead atoms. The molecule has 1 rings (SSSR count). The summed E-state index contributed by atoms with van der Waals surface area (Å²) in [6, 6.07) is 6.49. The van der Waals surface area contributed by atoms with E-state index in [1.165, 1.54) is 6.07 Å². The number of halogens is 1. The fourth-order valence-electron chi connectivity index (χ4n) is 1.74. The van der Waals surface area contributed by atoms with Crippen LogP contribution in [0.5, 0.6) is 0 Å². The van der Waals surface area contributed by atoms with Crippen molar-refractivity contribution in [3.63, 3.8) is 0 Å². The molecule has 4 nitrogen and oxygen atoms in total. The van der Waals surface area contributed by atoms with Gasteiger partial charge in [0.05, 0.1) is 12.2 Å². The summed E-state index contributed by atoms with van der Waals surface area (Å²) in [5.41, 5.74) is 5.95. The maximum Gasteiger partial charge on any atom is 0.241 e. The van der Waals surface area contributed by atoms with Crippen molar-refractivity contribution in [1.82, 2.24) is 4.90 Å². The lowest BCUT2D eigenvalue weighted by Crippen LogP contribution is -2.39. The molecule has 5 heteroatoms. The van der Waals surface area contributed by atoms with Gasteiger partial charge in [-0.2, -0.15) is 0 Å². The van der Waals surface area contributed by atoms with Gasteiger partial charge < -0.3 is 15.5 Å². The smallest absolute Gasteiger partial charge is 0.241 e. The van der Waals surface area contributed by atoms with Crippen LogP contribution in [0.3, 0.4) is 0 Å². The number of para-hydroxylation sites is 1. The Morgan fingerprint density at radius 2 is 2.05 bits per heavy atom. The number of carbonyl (C=O) groups is 1. The molecule has 106 valence electrons. The van der Waals surface area contributed by atoms with E-state index in [1.807, 2.05) is 6.92 Å². The highest BCUT2D eigenvalue weighted by Gasteiger charge is 2.16. The van der Waals surface area contributed by atoms with Crippen molar-refractivity contribution in [2.75, 3.05) is 38.1 Å². The molecular formula is C14H22FN3O. The lowest BCUT2D eigenvalue weighted by atomic mass is 10.2. The third-order valence-corrected chi connectivity index (χ3v) is 3.05. The molecule has 0 unspecified atom stereocenters. The van der Waals surface area contributed by atoms with Gasteiger partial charge in [-0.15, -0.1) is 0 Å². The van der Waals surface area contributed by atoms with Gasteiger partial charge in [-0.05, 0) is 32.0 Å². The van der Waals surface area contributed by atoms with E-state index in [1.54, 1.807) is 35.0 Å². The second-order valence-corrected chi connectivity index (χ2v) is 4.42. The number of carbonyl (C=O) groups excluding carboxylic acids is 1. The number of amides is 1. The van der Waals surface area contributed by atoms with E-state index in [2.05, 4.69) is 0 Å². The van der Waals surface area contributed by atoms with Crippen LogP contribution in [0.2, 0.25) is 0 Å². The third kappa shape index (κ3) is 4.52. The van der Waals surface area contributed by atoms with Crippen molar-refractivity contribution in [3.8, 4) is 0 Å². The Bertz CT molecular complexity index is 411. The Balaban J connectivity index is 2.83. The summed E-state index contributed by atoms with van der Waals surface area (Å²) in [4.78, 5) is 15.3. The van der Waals surface area contributed by atoms with Crippen molar-refractivity contribution in [1.29, 1.82) is 0 Å². The van der Waals surface area contributed by atoms with Crippen LogP contribution in [0, 0.1) is 5.82 Å². The minimum atomic E-state index is -0.313. The normalized spacial score (nSPS) is 10.3. The van der Waals surface area contributed by atoms with Crippen molar-refractivity contribution < 1.29 is 9.18 Å². The fourth-order valence-corrected chi connectivity index (χ4v) is 1.74. The van der Waals surface area contributed by atoms with Gasteiger partial charge in [0.2, 0.25) is 5.91 Å². The molecule has 0 radical (unpaired) electrons. The molecule has 0 fully saturated rings. The van der Waals surface area contributed by atoms with Crippen molar-refractivity contribution >= 4 is 11.6 Å². The van der Waals surface area contributed by atoms with Gasteiger partial charge in [-0.1, -0.05) is 12.1 Å². The largest absolute Gasteiger partial charge is 0.360 e. The average Bonchev–Trinajstić information content (AvgIpc) is 2.43. The first-order valence-electron chi connectivity index (χ1n) is 6.53. The van der Waals surface area contributed by atoms with Gasteiger partial charge in [0.15, 0.2) is 0 Å². The number of rotatable bonds is 7. The molecule has 0 aliphatic carbocycles. The van der Waals surface area contributed by atoms with Gasteiger partial charge in [-0.25, -0.2) is 4.39 Å². The first kappa shape index (κ1) is 15.4. The standard InChI is InChI=1S/C14H22FN3O/c1-3-17(2)14(19)11-18(10-6-9-16)13-8-5-4-7-12(13)15/h4-5,7-8H,3,6,9-11,16H2,1-2H3. The molecule has 0 saturated heterocycles. The Labute approximate surface area is 114 Å². The number of anilines is 1. The lowest BCUT2D eigenvalue weighted by Gasteiger charge is -2.26. The number of nitrogens with zero attached hydrogens (tertiary/aromatic N) is 2. The quantitative estimate of drug-likeness (QED) is 0.813. The molecule has 0 aliphatic heterocycles. The summed E-state index contributed by atoms with van der Waals surface area (Å²) in [7, 11) is 1.74. The highest BCUT2D eigenvalue weighted by atomic mass is 19.1. The van der Waals surface area contributed by atoms with E-state index in [0.29, 0.717) is 25.3 Å². The monoisotopic (exact) mass is 267 g/mol. The Kier molecular flexibility index (Phi) is 6.29. The molecular weight excluding hydrogens is 245 g/mol. The number of benzene rings is 1. The van der Waals surface area contributed by atoms with Gasteiger partial charge in [0.1, 0.15) is 5.82 Å². The highest BCUT2D eigenvalue weighted by molar-refractivity contribution is 5.81. The van der Waals surface area contributed by atoms with Crippen LogP contribution in [0.1, 0.15) is 13.3 Å². The SMILES string of the molecule is CCN(C)C(=O)CN(CCCN)c1ccccc1F. The predicted molar refractivity (Wildman–Crippen MR) is 75.6 cm³/mol. The lowest BCUT2D eigenvalue weighted by molar-refractivity contribution is -0.128. The Morgan fingerprint density at radius 1 is 1.37 bits per heavy atom. The molecule has 1 amide bonds. The second kappa shape index (κ2) is 7.74. The summed E-state index contributed by atoms with van der Waals surface area (Å²) >= 11 is 0. The maximum atomic E-state index is 13.8. The molecule has 0 aliphatic rings. The third-order valence-electron chi connectivity index (χ3n) is 3.05. The minimum Gasteiger partial charge on any atom is -0.360 e. The van der Waals surface area contributed by atoms with Crippen LogP contribution in [0.25, 0.3) is 0 Å². The van der Waals surface area contributed by atoms with E-state index in [0.717, 1.165) is 6.42 Å². The van der Waals surface area contributed by atoms with Gasteiger partial charge in [-0.3, -0.25) is 4.79 Å². The van der Waals surface area contributed by atoms with E-state index in [9.17, 15) is 9.18 Å². The van der Waals surface area contributed by atoms with Crippen LogP contribution in [-0.2, 0) is 4.79 Å². The van der Waals surface area contributed by atoms with Gasteiger partial charge in [0, 0.05) is 20.1 Å². The van der Waals surface area contributed by atoms with Gasteiger partial charge >= 0.3 is 0 Å². The Morgan fingerprint density at radius 3 is 2.63 bits per heavy atom. The highest BCUT2D eigenvalue weighted by Crippen LogP contribution is 2.18. The summed E-state index contributed by atoms with van der Waals surface area (Å²) in [6.07, 6.45) is 0.720. The van der Waals surface area contributed by atoms with Crippen molar-refractivity contribution in [2.45, 2.75) is 13.3 Å². The molecule has 0 heterocycles. The zero-order valence-electron chi connectivity index (χ0n) is 11.6. The average molecular weight is 267 g/mol. The Hall–Kier alpha value is -1.62. The number of hydrogen-bond donors (Lipinski definition) is 1. The van der Waals surface area contributed by atoms with E-state index in [-0.39, 0.29) is 18.3 Å². The van der Waals surface area contributed by atoms with Crippen LogP contribution in [-0.4, -0.2) is 44.0 Å². The zero-order chi connectivity index (χ0) is 14.3. The molecule has 0 saturated carbocycles.